The maximum atomic E-state index is 2.48. The van der Waals surface area contributed by atoms with Crippen LogP contribution >= 0.6 is 0 Å². The van der Waals surface area contributed by atoms with Crippen molar-refractivity contribution in [2.24, 2.45) is 0 Å². The molecule has 0 bridgehead atoms. The van der Waals surface area contributed by atoms with Crippen molar-refractivity contribution in [2.45, 2.75) is 51.4 Å². The van der Waals surface area contributed by atoms with E-state index in [1.807, 2.05) is 0 Å². The second-order valence-electron chi connectivity index (χ2n) is 14.0. The lowest BCUT2D eigenvalue weighted by atomic mass is 9.73. The molecule has 0 spiro atoms. The van der Waals surface area contributed by atoms with E-state index in [-0.39, 0.29) is 10.8 Å². The fraction of sp³-hybridized carbons (Fsp3) is 0.174. The molecule has 0 heterocycles. The molecule has 0 aromatic heterocycles. The standard InChI is InChI=1S/C46H39N/c1-5-46(6-2)42-24-22-35(28-40(42)39-26-32-15-9-10-16-33(32)27-44(39)46)47(34-20-19-30-13-7-8-14-31(30)25-34)36-21-23-38-37-17-11-12-18-41(37)45(3,4)43(38)29-36/h7-29H,5-6H2,1-4H3. The van der Waals surface area contributed by atoms with Crippen LogP contribution in [0.2, 0.25) is 0 Å². The van der Waals surface area contributed by atoms with Crippen molar-refractivity contribution >= 4 is 38.6 Å². The molecule has 0 saturated carbocycles. The van der Waals surface area contributed by atoms with Crippen LogP contribution in [0.25, 0.3) is 43.8 Å². The fourth-order valence-electron chi connectivity index (χ4n) is 8.92. The highest BCUT2D eigenvalue weighted by molar-refractivity contribution is 5.96. The first-order valence-electron chi connectivity index (χ1n) is 17.1. The van der Waals surface area contributed by atoms with Gasteiger partial charge in [-0.05, 0) is 127 Å². The van der Waals surface area contributed by atoms with E-state index in [4.69, 9.17) is 0 Å². The average Bonchev–Trinajstić information content (AvgIpc) is 3.51. The zero-order valence-corrected chi connectivity index (χ0v) is 27.6. The molecule has 0 amide bonds. The molecular formula is C46H39N. The van der Waals surface area contributed by atoms with E-state index in [1.165, 1.54) is 83.1 Å². The first-order valence-corrected chi connectivity index (χ1v) is 17.1. The van der Waals surface area contributed by atoms with Crippen LogP contribution in [0.15, 0.2) is 140 Å². The lowest BCUT2D eigenvalue weighted by Crippen LogP contribution is -2.23. The quantitative estimate of drug-likeness (QED) is 0.189. The van der Waals surface area contributed by atoms with Gasteiger partial charge in [0.1, 0.15) is 0 Å². The van der Waals surface area contributed by atoms with Gasteiger partial charge < -0.3 is 4.90 Å². The molecule has 9 rings (SSSR count). The van der Waals surface area contributed by atoms with Gasteiger partial charge in [0.2, 0.25) is 0 Å². The molecule has 2 aliphatic rings. The largest absolute Gasteiger partial charge is 0.310 e. The molecular weight excluding hydrogens is 567 g/mol. The van der Waals surface area contributed by atoms with Crippen LogP contribution in [0.5, 0.6) is 0 Å². The molecule has 1 heteroatoms. The highest BCUT2D eigenvalue weighted by Crippen LogP contribution is 2.56. The summed E-state index contributed by atoms with van der Waals surface area (Å²) in [6.45, 7) is 9.45. The van der Waals surface area contributed by atoms with Gasteiger partial charge >= 0.3 is 0 Å². The molecule has 0 atom stereocenters. The smallest absolute Gasteiger partial charge is 0.0468 e. The lowest BCUT2D eigenvalue weighted by Gasteiger charge is -2.31. The SMILES string of the molecule is CCC1(CC)c2ccc(N(c3ccc4c(c3)C(C)(C)c3ccccc3-4)c3ccc4ccccc4c3)cc2-c2cc3ccccc3cc21. The Morgan fingerprint density at radius 3 is 1.72 bits per heavy atom. The molecule has 0 N–H and O–H groups in total. The van der Waals surface area contributed by atoms with Crippen molar-refractivity contribution in [3.8, 4) is 22.3 Å². The third kappa shape index (κ3) is 3.96. The molecule has 0 unspecified atom stereocenters. The topological polar surface area (TPSA) is 3.24 Å². The van der Waals surface area contributed by atoms with Gasteiger partial charge in [-0.15, -0.1) is 0 Å². The first-order chi connectivity index (χ1) is 22.9. The van der Waals surface area contributed by atoms with Crippen molar-refractivity contribution in [3.05, 3.63) is 162 Å². The lowest BCUT2D eigenvalue weighted by molar-refractivity contribution is 0.491. The third-order valence-electron chi connectivity index (χ3n) is 11.5. The van der Waals surface area contributed by atoms with Gasteiger partial charge in [0.15, 0.2) is 0 Å². The van der Waals surface area contributed by atoms with Crippen molar-refractivity contribution in [3.63, 3.8) is 0 Å². The predicted octanol–water partition coefficient (Wildman–Crippen LogP) is 12.9. The van der Waals surface area contributed by atoms with E-state index in [0.29, 0.717) is 0 Å². The maximum Gasteiger partial charge on any atom is 0.0468 e. The Hall–Kier alpha value is -5.14. The van der Waals surface area contributed by atoms with E-state index in [1.54, 1.807) is 0 Å². The molecule has 0 aliphatic heterocycles. The summed E-state index contributed by atoms with van der Waals surface area (Å²) < 4.78 is 0. The molecule has 47 heavy (non-hydrogen) atoms. The predicted molar refractivity (Wildman–Crippen MR) is 200 cm³/mol. The van der Waals surface area contributed by atoms with Gasteiger partial charge in [-0.1, -0.05) is 119 Å². The first kappa shape index (κ1) is 28.1. The van der Waals surface area contributed by atoms with Crippen LogP contribution in [-0.2, 0) is 10.8 Å². The van der Waals surface area contributed by atoms with Gasteiger partial charge in [-0.25, -0.2) is 0 Å². The van der Waals surface area contributed by atoms with Gasteiger partial charge in [0, 0.05) is 27.9 Å². The molecule has 0 fully saturated rings. The van der Waals surface area contributed by atoms with Crippen molar-refractivity contribution in [1.82, 2.24) is 0 Å². The van der Waals surface area contributed by atoms with Gasteiger partial charge in [0.25, 0.3) is 0 Å². The minimum absolute atomic E-state index is 0.0182. The number of nitrogens with zero attached hydrogens (tertiary/aromatic N) is 1. The normalized spacial score (nSPS) is 14.9. The molecule has 0 radical (unpaired) electrons. The van der Waals surface area contributed by atoms with Crippen LogP contribution in [0.3, 0.4) is 0 Å². The summed E-state index contributed by atoms with van der Waals surface area (Å²) in [5.41, 5.74) is 14.7. The van der Waals surface area contributed by atoms with Crippen molar-refractivity contribution in [2.75, 3.05) is 4.90 Å². The van der Waals surface area contributed by atoms with Crippen molar-refractivity contribution < 1.29 is 0 Å². The zero-order valence-electron chi connectivity index (χ0n) is 27.6. The second kappa shape index (κ2) is 10.2. The summed E-state index contributed by atoms with van der Waals surface area (Å²) in [7, 11) is 0. The second-order valence-corrected chi connectivity index (χ2v) is 14.0. The summed E-state index contributed by atoms with van der Waals surface area (Å²) in [4.78, 5) is 2.48. The number of hydrogen-bond acceptors (Lipinski definition) is 1. The number of rotatable bonds is 5. The Bertz CT molecular complexity index is 2370. The van der Waals surface area contributed by atoms with Crippen LogP contribution in [0, 0.1) is 0 Å². The van der Waals surface area contributed by atoms with Crippen LogP contribution in [-0.4, -0.2) is 0 Å². The summed E-state index contributed by atoms with van der Waals surface area (Å²) in [5, 5.41) is 5.13. The zero-order chi connectivity index (χ0) is 31.9. The fourth-order valence-corrected chi connectivity index (χ4v) is 8.92. The number of fused-ring (bicyclic) bond motifs is 8. The van der Waals surface area contributed by atoms with E-state index in [0.717, 1.165) is 12.8 Å². The van der Waals surface area contributed by atoms with Gasteiger partial charge in [-0.3, -0.25) is 0 Å². The molecule has 228 valence electrons. The van der Waals surface area contributed by atoms with E-state index < -0.39 is 0 Å². The third-order valence-corrected chi connectivity index (χ3v) is 11.5. The number of benzene rings is 7. The summed E-state index contributed by atoms with van der Waals surface area (Å²) in [6.07, 6.45) is 2.16. The van der Waals surface area contributed by atoms with Crippen LogP contribution in [0.1, 0.15) is 62.8 Å². The highest BCUT2D eigenvalue weighted by Gasteiger charge is 2.41. The number of anilines is 3. The van der Waals surface area contributed by atoms with Gasteiger partial charge in [0.05, 0.1) is 0 Å². The van der Waals surface area contributed by atoms with E-state index in [9.17, 15) is 0 Å². The monoisotopic (exact) mass is 605 g/mol. The van der Waals surface area contributed by atoms with Gasteiger partial charge in [-0.2, -0.15) is 0 Å². The molecule has 2 aliphatic carbocycles. The Labute approximate surface area is 278 Å². The summed E-state index contributed by atoms with van der Waals surface area (Å²) >= 11 is 0. The molecule has 7 aromatic carbocycles. The number of hydrogen-bond donors (Lipinski definition) is 0. The maximum absolute atomic E-state index is 2.48. The van der Waals surface area contributed by atoms with Crippen LogP contribution < -0.4 is 4.90 Å². The Morgan fingerprint density at radius 2 is 0.957 bits per heavy atom. The van der Waals surface area contributed by atoms with E-state index in [2.05, 4.69) is 172 Å². The molecule has 1 nitrogen and oxygen atoms in total. The Kier molecular flexibility index (Phi) is 6.09. The molecule has 0 saturated heterocycles. The highest BCUT2D eigenvalue weighted by atomic mass is 15.1. The van der Waals surface area contributed by atoms with Crippen LogP contribution in [0.4, 0.5) is 17.1 Å². The minimum Gasteiger partial charge on any atom is -0.310 e. The Morgan fingerprint density at radius 1 is 0.404 bits per heavy atom. The molecule has 7 aromatic rings. The average molecular weight is 606 g/mol. The van der Waals surface area contributed by atoms with Crippen molar-refractivity contribution in [1.29, 1.82) is 0 Å². The minimum atomic E-state index is -0.0726. The van der Waals surface area contributed by atoms with E-state index >= 15 is 0 Å². The summed E-state index contributed by atoms with van der Waals surface area (Å²) in [6, 6.07) is 52.6. The Balaban J connectivity index is 1.28. The summed E-state index contributed by atoms with van der Waals surface area (Å²) in [5.74, 6) is 0.